The number of carbonyl (C=O) groups excluding carboxylic acids is 3. The average molecular weight is 672 g/mol. The third-order valence-corrected chi connectivity index (χ3v) is 9.05. The maximum Gasteiger partial charge on any atom is 0.272 e. The van der Waals surface area contributed by atoms with E-state index in [9.17, 15) is 14.4 Å². The van der Waals surface area contributed by atoms with Gasteiger partial charge in [-0.05, 0) is 65.6 Å². The molecule has 0 saturated carbocycles. The van der Waals surface area contributed by atoms with Gasteiger partial charge in [-0.25, -0.2) is 0 Å². The van der Waals surface area contributed by atoms with Gasteiger partial charge in [0.1, 0.15) is 17.1 Å². The SMILES string of the molecule is CCC(C)(C)c1ccc(OCC(=O)Nc2cccc(NC(=O)C3=NN(c4c(Cl)cc(Cl)cc4Cl)C(=O)C3)c2)c(C(C)(C)CC)c1. The molecule has 0 atom stereocenters. The Morgan fingerprint density at radius 2 is 1.51 bits per heavy atom. The Bertz CT molecular complexity index is 1650. The Labute approximate surface area is 279 Å². The van der Waals surface area contributed by atoms with Crippen LogP contribution in [0.2, 0.25) is 15.1 Å². The second-order valence-electron chi connectivity index (χ2n) is 12.2. The summed E-state index contributed by atoms with van der Waals surface area (Å²) in [6, 6.07) is 15.7. The minimum atomic E-state index is -0.584. The minimum absolute atomic E-state index is 0.0202. The molecule has 3 aromatic rings. The molecule has 1 aliphatic heterocycles. The topological polar surface area (TPSA) is 100 Å². The fraction of sp³-hybridized carbons (Fsp3) is 0.353. The third kappa shape index (κ3) is 7.98. The molecule has 11 heteroatoms. The summed E-state index contributed by atoms with van der Waals surface area (Å²) in [7, 11) is 0. The number of hydrogen-bond acceptors (Lipinski definition) is 5. The summed E-state index contributed by atoms with van der Waals surface area (Å²) >= 11 is 18.4. The molecular formula is C34H37Cl3N4O4. The van der Waals surface area contributed by atoms with Crippen LogP contribution in [0.15, 0.2) is 59.7 Å². The standard InChI is InChI=1S/C34H37Cl3N4O4/c1-7-33(3,4)20-12-13-28(24(14-20)34(5,6)8-2)45-19-29(42)38-22-10-9-11-23(17-22)39-32(44)27-18-30(43)41(40-27)31-25(36)15-21(35)16-26(31)37/h9-17H,7-8,18-19H2,1-6H3,(H,38,42)(H,39,44). The quantitative estimate of drug-likeness (QED) is 0.213. The predicted octanol–water partition coefficient (Wildman–Crippen LogP) is 8.77. The molecule has 0 aliphatic carbocycles. The van der Waals surface area contributed by atoms with E-state index >= 15 is 0 Å². The van der Waals surface area contributed by atoms with Gasteiger partial charge in [0.25, 0.3) is 17.7 Å². The van der Waals surface area contributed by atoms with Crippen LogP contribution < -0.4 is 20.4 Å². The van der Waals surface area contributed by atoms with Gasteiger partial charge in [-0.2, -0.15) is 10.1 Å². The molecule has 2 N–H and O–H groups in total. The van der Waals surface area contributed by atoms with E-state index in [-0.39, 0.29) is 51.2 Å². The Hall–Kier alpha value is -3.59. The minimum Gasteiger partial charge on any atom is -0.483 e. The monoisotopic (exact) mass is 670 g/mol. The van der Waals surface area contributed by atoms with Gasteiger partial charge >= 0.3 is 0 Å². The zero-order valence-electron chi connectivity index (χ0n) is 26.2. The number of nitrogens with one attached hydrogen (secondary N) is 2. The summed E-state index contributed by atoms with van der Waals surface area (Å²) < 4.78 is 6.04. The van der Waals surface area contributed by atoms with Crippen LogP contribution in [0.3, 0.4) is 0 Å². The van der Waals surface area contributed by atoms with Crippen LogP contribution in [0.5, 0.6) is 5.75 Å². The van der Waals surface area contributed by atoms with Gasteiger partial charge in [0, 0.05) is 22.0 Å². The van der Waals surface area contributed by atoms with E-state index in [1.807, 2.05) is 6.07 Å². The van der Waals surface area contributed by atoms with E-state index in [1.165, 1.54) is 17.7 Å². The van der Waals surface area contributed by atoms with Gasteiger partial charge in [0.2, 0.25) is 0 Å². The first-order chi connectivity index (χ1) is 21.1. The number of halogens is 3. The van der Waals surface area contributed by atoms with E-state index in [2.05, 4.69) is 69.4 Å². The third-order valence-electron chi connectivity index (χ3n) is 8.25. The highest BCUT2D eigenvalue weighted by atomic mass is 35.5. The van der Waals surface area contributed by atoms with Crippen molar-refractivity contribution in [3.63, 3.8) is 0 Å². The van der Waals surface area contributed by atoms with Crippen molar-refractivity contribution in [3.05, 3.63) is 80.8 Å². The van der Waals surface area contributed by atoms with Gasteiger partial charge in [0.05, 0.1) is 16.5 Å². The lowest BCUT2D eigenvalue weighted by atomic mass is 9.76. The van der Waals surface area contributed by atoms with Crippen molar-refractivity contribution in [2.45, 2.75) is 71.6 Å². The molecule has 0 fully saturated rings. The maximum atomic E-state index is 13.0. The molecule has 0 bridgehead atoms. The summed E-state index contributed by atoms with van der Waals surface area (Å²) in [5.74, 6) is -0.730. The zero-order chi connectivity index (χ0) is 33.1. The Kier molecular flexibility index (Phi) is 10.5. The number of hydrazone groups is 1. The van der Waals surface area contributed by atoms with Gasteiger partial charge < -0.3 is 15.4 Å². The first kappa shape index (κ1) is 34.3. The highest BCUT2D eigenvalue weighted by molar-refractivity contribution is 6.49. The van der Waals surface area contributed by atoms with Gasteiger partial charge in [-0.3, -0.25) is 14.4 Å². The summed E-state index contributed by atoms with van der Waals surface area (Å²) in [5, 5.41) is 11.2. The summed E-state index contributed by atoms with van der Waals surface area (Å²) in [6.45, 7) is 12.9. The number of hydrogen-bond donors (Lipinski definition) is 2. The van der Waals surface area contributed by atoms with Crippen molar-refractivity contribution in [1.82, 2.24) is 0 Å². The number of amides is 3. The maximum absolute atomic E-state index is 13.0. The van der Waals surface area contributed by atoms with Crippen molar-refractivity contribution >= 4 is 75.3 Å². The Morgan fingerprint density at radius 3 is 2.13 bits per heavy atom. The first-order valence-corrected chi connectivity index (χ1v) is 15.8. The smallest absolute Gasteiger partial charge is 0.272 e. The van der Waals surface area contributed by atoms with E-state index < -0.39 is 11.8 Å². The molecule has 1 heterocycles. The van der Waals surface area contributed by atoms with Crippen molar-refractivity contribution in [2.75, 3.05) is 22.2 Å². The van der Waals surface area contributed by atoms with Crippen LogP contribution in [0, 0.1) is 0 Å². The highest BCUT2D eigenvalue weighted by Crippen LogP contribution is 2.40. The Morgan fingerprint density at radius 1 is 0.889 bits per heavy atom. The van der Waals surface area contributed by atoms with Gasteiger partial charge in [0.15, 0.2) is 6.61 Å². The number of ether oxygens (including phenoxy) is 1. The van der Waals surface area contributed by atoms with Crippen molar-refractivity contribution in [3.8, 4) is 5.75 Å². The number of carbonyl (C=O) groups is 3. The average Bonchev–Trinajstić information content (AvgIpc) is 3.36. The Balaban J connectivity index is 1.42. The van der Waals surface area contributed by atoms with Crippen LogP contribution in [0.25, 0.3) is 0 Å². The molecule has 238 valence electrons. The van der Waals surface area contributed by atoms with Crippen molar-refractivity contribution in [1.29, 1.82) is 0 Å². The number of rotatable bonds is 11. The van der Waals surface area contributed by atoms with Crippen LogP contribution in [0.4, 0.5) is 17.1 Å². The van der Waals surface area contributed by atoms with Gasteiger partial charge in [-0.1, -0.05) is 94.5 Å². The van der Waals surface area contributed by atoms with E-state index in [0.29, 0.717) is 22.1 Å². The molecule has 3 amide bonds. The molecule has 0 aromatic heterocycles. The molecule has 0 saturated heterocycles. The lowest BCUT2D eigenvalue weighted by molar-refractivity contribution is -0.118. The normalized spacial score (nSPS) is 13.5. The summed E-state index contributed by atoms with van der Waals surface area (Å²) in [4.78, 5) is 38.5. The molecule has 4 rings (SSSR count). The summed E-state index contributed by atoms with van der Waals surface area (Å²) in [6.07, 6.45) is 1.66. The highest BCUT2D eigenvalue weighted by Gasteiger charge is 2.32. The number of anilines is 3. The van der Waals surface area contributed by atoms with E-state index in [4.69, 9.17) is 39.5 Å². The van der Waals surface area contributed by atoms with Crippen molar-refractivity contribution in [2.24, 2.45) is 5.10 Å². The summed E-state index contributed by atoms with van der Waals surface area (Å²) in [5.41, 5.74) is 3.16. The molecule has 45 heavy (non-hydrogen) atoms. The predicted molar refractivity (Wildman–Crippen MR) is 183 cm³/mol. The number of nitrogens with zero attached hydrogens (tertiary/aromatic N) is 2. The molecule has 3 aromatic carbocycles. The second kappa shape index (κ2) is 13.8. The molecule has 0 radical (unpaired) electrons. The van der Waals surface area contributed by atoms with Crippen LogP contribution >= 0.6 is 34.8 Å². The lowest BCUT2D eigenvalue weighted by Gasteiger charge is -2.30. The second-order valence-corrected chi connectivity index (χ2v) is 13.5. The van der Waals surface area contributed by atoms with Gasteiger partial charge in [-0.15, -0.1) is 0 Å². The molecular weight excluding hydrogens is 635 g/mol. The van der Waals surface area contributed by atoms with Crippen LogP contribution in [-0.4, -0.2) is 30.0 Å². The lowest BCUT2D eigenvalue weighted by Crippen LogP contribution is -2.24. The largest absolute Gasteiger partial charge is 0.483 e. The van der Waals surface area contributed by atoms with Crippen LogP contribution in [-0.2, 0) is 25.2 Å². The molecule has 0 unspecified atom stereocenters. The first-order valence-electron chi connectivity index (χ1n) is 14.7. The van der Waals surface area contributed by atoms with E-state index in [1.54, 1.807) is 24.3 Å². The fourth-order valence-electron chi connectivity index (χ4n) is 4.69. The molecule has 1 aliphatic rings. The van der Waals surface area contributed by atoms with Crippen LogP contribution in [0.1, 0.15) is 71.9 Å². The fourth-order valence-corrected chi connectivity index (χ4v) is 5.66. The number of benzene rings is 3. The zero-order valence-corrected chi connectivity index (χ0v) is 28.5. The molecule has 0 spiro atoms. The molecule has 8 nitrogen and oxygen atoms in total. The van der Waals surface area contributed by atoms with E-state index in [0.717, 1.165) is 23.4 Å². The van der Waals surface area contributed by atoms with Crippen molar-refractivity contribution < 1.29 is 19.1 Å².